The molecular weight excluding hydrogens is 380 g/mol. The minimum absolute atomic E-state index is 0.0949. The minimum Gasteiger partial charge on any atom is -0.478 e. The van der Waals surface area contributed by atoms with Crippen LogP contribution in [0.3, 0.4) is 0 Å². The number of rotatable bonds is 10. The molecule has 0 aromatic heterocycles. The van der Waals surface area contributed by atoms with E-state index >= 15 is 0 Å². The maximum absolute atomic E-state index is 11.6. The number of nitrogens with zero attached hydrogens (tertiary/aromatic N) is 2. The van der Waals surface area contributed by atoms with Gasteiger partial charge in [-0.1, -0.05) is 0 Å². The van der Waals surface area contributed by atoms with Crippen molar-refractivity contribution in [2.75, 3.05) is 6.73 Å². The van der Waals surface area contributed by atoms with Crippen LogP contribution in [0.1, 0.15) is 33.3 Å². The van der Waals surface area contributed by atoms with Gasteiger partial charge < -0.3 is 25.2 Å². The monoisotopic (exact) mass is 408 g/mol. The minimum atomic E-state index is -4.54. The third-order valence-corrected chi connectivity index (χ3v) is 4.92. The average Bonchev–Trinajstić information content (AvgIpc) is 2.50. The number of hydrogen-bond donors (Lipinski definition) is 5. The van der Waals surface area contributed by atoms with E-state index in [9.17, 15) is 33.4 Å². The molecule has 0 bridgehead atoms. The van der Waals surface area contributed by atoms with E-state index in [2.05, 4.69) is 0 Å². The van der Waals surface area contributed by atoms with Gasteiger partial charge in [0.05, 0.1) is 4.90 Å². The lowest BCUT2D eigenvalue weighted by atomic mass is 10.2. The summed E-state index contributed by atoms with van der Waals surface area (Å²) in [7, 11) is -4.54. The van der Waals surface area contributed by atoms with Crippen molar-refractivity contribution >= 4 is 10.1 Å². The van der Waals surface area contributed by atoms with E-state index in [-0.39, 0.29) is 29.5 Å². The highest BCUT2D eigenvalue weighted by Gasteiger charge is 2.23. The van der Waals surface area contributed by atoms with E-state index in [1.165, 1.54) is 49.6 Å². The fourth-order valence-corrected chi connectivity index (χ4v) is 3.17. The third-order valence-electron chi connectivity index (χ3n) is 3.96. The molecule has 0 spiro atoms. The van der Waals surface area contributed by atoms with Crippen molar-refractivity contribution in [1.29, 1.82) is 0 Å². The van der Waals surface area contributed by atoms with Crippen LogP contribution in [0.4, 0.5) is 0 Å². The molecule has 4 unspecified atom stereocenters. The lowest BCUT2D eigenvalue weighted by Crippen LogP contribution is -2.42. The van der Waals surface area contributed by atoms with Crippen molar-refractivity contribution in [1.82, 2.24) is 9.80 Å². The largest absolute Gasteiger partial charge is 0.478 e. The Hall–Kier alpha value is -1.31. The van der Waals surface area contributed by atoms with Gasteiger partial charge in [-0.25, -0.2) is 9.80 Å². The number of aliphatic hydroxyl groups is 4. The highest BCUT2D eigenvalue weighted by molar-refractivity contribution is 7.85. The zero-order valence-electron chi connectivity index (χ0n) is 15.7. The molecule has 4 atom stereocenters. The summed E-state index contributed by atoms with van der Waals surface area (Å²) >= 11 is 0. The Morgan fingerprint density at radius 3 is 1.81 bits per heavy atom. The van der Waals surface area contributed by atoms with E-state index in [0.717, 1.165) is 6.07 Å². The quantitative estimate of drug-likeness (QED) is 0.258. The van der Waals surface area contributed by atoms with Crippen LogP contribution in [0, 0.1) is 0 Å². The second kappa shape index (κ2) is 9.75. The summed E-state index contributed by atoms with van der Waals surface area (Å²) in [6, 6.07) is 3.78. The molecule has 0 aliphatic heterocycles. The Balaban J connectivity index is 3.17. The molecule has 0 aliphatic carbocycles. The van der Waals surface area contributed by atoms with Crippen LogP contribution in [0.5, 0.6) is 5.75 Å². The summed E-state index contributed by atoms with van der Waals surface area (Å²) in [4.78, 5) is 2.05. The summed E-state index contributed by atoms with van der Waals surface area (Å²) in [6.07, 6.45) is -4.13. The number of hydrogen-bond acceptors (Lipinski definition) is 9. The first-order valence-corrected chi connectivity index (χ1v) is 9.75. The average molecular weight is 408 g/mol. The van der Waals surface area contributed by atoms with Crippen molar-refractivity contribution in [3.8, 4) is 5.75 Å². The van der Waals surface area contributed by atoms with E-state index in [0.29, 0.717) is 0 Å². The van der Waals surface area contributed by atoms with E-state index in [1.807, 2.05) is 0 Å². The predicted molar refractivity (Wildman–Crippen MR) is 95.9 cm³/mol. The van der Waals surface area contributed by atoms with Gasteiger partial charge in [-0.15, -0.1) is 0 Å². The smallest absolute Gasteiger partial charge is 0.294 e. The predicted octanol–water partition coefficient (Wildman–Crippen LogP) is -0.273. The lowest BCUT2D eigenvalue weighted by Gasteiger charge is -2.29. The van der Waals surface area contributed by atoms with Crippen LogP contribution in [0.25, 0.3) is 0 Å². The topological polar surface area (TPSA) is 151 Å². The van der Waals surface area contributed by atoms with E-state index in [4.69, 9.17) is 4.74 Å². The Bertz CT molecular complexity index is 690. The highest BCUT2D eigenvalue weighted by atomic mass is 32.2. The molecule has 0 heterocycles. The standard InChI is InChI=1S/C16H28N2O8S/c1-10(19)17(11(2)20)8-14-7-15(5-6-16(14)27(23,24)25)26-9-18(12(3)21)13(4)22/h5-7,10-13,19-22H,8-9H2,1-4H3,(H,23,24,25). The normalized spacial score (nSPS) is 17.0. The van der Waals surface area contributed by atoms with Crippen LogP contribution in [0.2, 0.25) is 0 Å². The fraction of sp³-hybridized carbons (Fsp3) is 0.625. The molecule has 1 aromatic carbocycles. The van der Waals surface area contributed by atoms with E-state index in [1.54, 1.807) is 0 Å². The highest BCUT2D eigenvalue weighted by Crippen LogP contribution is 2.25. The summed E-state index contributed by atoms with van der Waals surface area (Å²) in [5.41, 5.74) is 0.0949. The van der Waals surface area contributed by atoms with Crippen molar-refractivity contribution in [2.45, 2.75) is 64.0 Å². The maximum Gasteiger partial charge on any atom is 0.294 e. The van der Waals surface area contributed by atoms with Crippen molar-refractivity contribution in [3.63, 3.8) is 0 Å². The van der Waals surface area contributed by atoms with Crippen LogP contribution < -0.4 is 4.74 Å². The number of ether oxygens (including phenoxy) is 1. The molecule has 0 fully saturated rings. The van der Waals surface area contributed by atoms with Gasteiger partial charge in [0.1, 0.15) is 37.4 Å². The molecule has 1 aromatic rings. The molecule has 10 nitrogen and oxygen atoms in total. The number of benzene rings is 1. The van der Waals surface area contributed by atoms with Gasteiger partial charge in [-0.2, -0.15) is 8.42 Å². The Labute approximate surface area is 159 Å². The van der Waals surface area contributed by atoms with E-state index < -0.39 is 35.0 Å². The molecule has 0 saturated heterocycles. The van der Waals surface area contributed by atoms with Gasteiger partial charge in [-0.3, -0.25) is 4.55 Å². The second-order valence-electron chi connectivity index (χ2n) is 6.23. The fourth-order valence-electron chi connectivity index (χ4n) is 2.47. The number of aliphatic hydroxyl groups excluding tert-OH is 4. The Morgan fingerprint density at radius 2 is 1.41 bits per heavy atom. The van der Waals surface area contributed by atoms with Gasteiger partial charge in [0, 0.05) is 6.54 Å². The second-order valence-corrected chi connectivity index (χ2v) is 7.62. The molecule has 0 saturated carbocycles. The van der Waals surface area contributed by atoms with Crippen LogP contribution in [0.15, 0.2) is 23.1 Å². The molecular formula is C16H28N2O8S. The van der Waals surface area contributed by atoms with Gasteiger partial charge in [0.25, 0.3) is 10.1 Å². The molecule has 1 rings (SSSR count). The Kier molecular flexibility index (Phi) is 8.57. The van der Waals surface area contributed by atoms with Gasteiger partial charge in [0.2, 0.25) is 0 Å². The van der Waals surface area contributed by atoms with Crippen LogP contribution >= 0.6 is 0 Å². The van der Waals surface area contributed by atoms with Gasteiger partial charge in [-0.05, 0) is 51.5 Å². The first-order valence-electron chi connectivity index (χ1n) is 8.31. The summed E-state index contributed by atoms with van der Waals surface area (Å²) in [5.74, 6) is 0.208. The maximum atomic E-state index is 11.6. The van der Waals surface area contributed by atoms with Crippen molar-refractivity contribution in [2.24, 2.45) is 0 Å². The zero-order valence-corrected chi connectivity index (χ0v) is 16.5. The Morgan fingerprint density at radius 1 is 0.926 bits per heavy atom. The van der Waals surface area contributed by atoms with Crippen molar-refractivity contribution in [3.05, 3.63) is 23.8 Å². The summed E-state index contributed by atoms with van der Waals surface area (Å²) < 4.78 is 38.2. The summed E-state index contributed by atoms with van der Waals surface area (Å²) in [5, 5.41) is 38.8. The molecule has 5 N–H and O–H groups in total. The molecule has 0 amide bonds. The van der Waals surface area contributed by atoms with Crippen LogP contribution in [-0.4, -0.2) is 74.8 Å². The summed E-state index contributed by atoms with van der Waals surface area (Å²) in [6.45, 7) is 5.35. The zero-order chi connectivity index (χ0) is 20.9. The van der Waals surface area contributed by atoms with Crippen molar-refractivity contribution < 1.29 is 38.1 Å². The molecule has 0 radical (unpaired) electrons. The SMILES string of the molecule is CC(O)N(COc1ccc(S(=O)(=O)O)c(CN(C(C)O)C(C)O)c1)C(C)O. The lowest BCUT2D eigenvalue weighted by molar-refractivity contribution is -0.115. The molecule has 11 heteroatoms. The first-order chi connectivity index (χ1) is 12.3. The first kappa shape index (κ1) is 23.7. The molecule has 156 valence electrons. The van der Waals surface area contributed by atoms with Crippen LogP contribution in [-0.2, 0) is 16.7 Å². The van der Waals surface area contributed by atoms with Gasteiger partial charge >= 0.3 is 0 Å². The molecule has 27 heavy (non-hydrogen) atoms. The third kappa shape index (κ3) is 6.97. The molecule has 0 aliphatic rings. The van der Waals surface area contributed by atoms with Gasteiger partial charge in [0.15, 0.2) is 0 Å².